The van der Waals surface area contributed by atoms with Crippen LogP contribution in [-0.4, -0.2) is 28.0 Å². The average molecular weight is 331 g/mol. The maximum Gasteiger partial charge on any atom is 0.143 e. The first kappa shape index (κ1) is 15.6. The van der Waals surface area contributed by atoms with Crippen molar-refractivity contribution < 1.29 is 0 Å². The van der Waals surface area contributed by atoms with E-state index in [4.69, 9.17) is 0 Å². The summed E-state index contributed by atoms with van der Waals surface area (Å²) in [5.41, 5.74) is 3.84. The predicted octanol–water partition coefficient (Wildman–Crippen LogP) is 4.12. The molecule has 1 aliphatic rings. The number of nitrogens with one attached hydrogen (secondary N) is 1. The number of fused-ring (bicyclic) bond motifs is 1. The SMILES string of the molecule is CC1(C)CCCN(c2ncnc3[nH]cc(-c4cccc(C#N)c4)c23)C1. The highest BCUT2D eigenvalue weighted by atomic mass is 15.2. The van der Waals surface area contributed by atoms with Crippen molar-refractivity contribution in [2.45, 2.75) is 26.7 Å². The van der Waals surface area contributed by atoms with E-state index in [1.54, 1.807) is 6.33 Å². The molecule has 0 radical (unpaired) electrons. The van der Waals surface area contributed by atoms with E-state index in [-0.39, 0.29) is 5.41 Å². The Morgan fingerprint density at radius 1 is 1.28 bits per heavy atom. The monoisotopic (exact) mass is 331 g/mol. The Bertz CT molecular complexity index is 964. The Kier molecular flexibility index (Phi) is 3.69. The Morgan fingerprint density at radius 3 is 2.96 bits per heavy atom. The van der Waals surface area contributed by atoms with Crippen LogP contribution in [0.15, 0.2) is 36.8 Å². The molecule has 4 rings (SSSR count). The Labute approximate surface area is 147 Å². The molecule has 126 valence electrons. The summed E-state index contributed by atoms with van der Waals surface area (Å²) in [6, 6.07) is 9.90. The zero-order valence-corrected chi connectivity index (χ0v) is 14.6. The van der Waals surface area contributed by atoms with E-state index in [0.29, 0.717) is 5.56 Å². The first-order valence-electron chi connectivity index (χ1n) is 8.65. The van der Waals surface area contributed by atoms with E-state index in [2.05, 4.69) is 39.8 Å². The molecule has 5 nitrogen and oxygen atoms in total. The van der Waals surface area contributed by atoms with Crippen molar-refractivity contribution in [2.24, 2.45) is 5.41 Å². The fraction of sp³-hybridized carbons (Fsp3) is 0.350. The minimum Gasteiger partial charge on any atom is -0.355 e. The molecule has 0 amide bonds. The number of nitriles is 1. The van der Waals surface area contributed by atoms with Gasteiger partial charge in [0, 0.05) is 24.8 Å². The number of aromatic nitrogens is 3. The number of rotatable bonds is 2. The first-order valence-corrected chi connectivity index (χ1v) is 8.65. The Morgan fingerprint density at radius 2 is 2.16 bits per heavy atom. The summed E-state index contributed by atoms with van der Waals surface area (Å²) < 4.78 is 0. The average Bonchev–Trinajstić information content (AvgIpc) is 3.05. The number of piperidine rings is 1. The predicted molar refractivity (Wildman–Crippen MR) is 99.3 cm³/mol. The van der Waals surface area contributed by atoms with Gasteiger partial charge >= 0.3 is 0 Å². The van der Waals surface area contributed by atoms with E-state index in [0.717, 1.165) is 41.1 Å². The minimum absolute atomic E-state index is 0.284. The van der Waals surface area contributed by atoms with Gasteiger partial charge in [0.2, 0.25) is 0 Å². The van der Waals surface area contributed by atoms with Gasteiger partial charge in [-0.25, -0.2) is 9.97 Å². The van der Waals surface area contributed by atoms with Crippen molar-refractivity contribution in [3.63, 3.8) is 0 Å². The van der Waals surface area contributed by atoms with E-state index in [1.165, 1.54) is 12.8 Å². The maximum atomic E-state index is 9.20. The third kappa shape index (κ3) is 2.85. The second kappa shape index (κ2) is 5.89. The first-order chi connectivity index (χ1) is 12.1. The van der Waals surface area contributed by atoms with Crippen molar-refractivity contribution in [1.82, 2.24) is 15.0 Å². The van der Waals surface area contributed by atoms with E-state index in [1.807, 2.05) is 30.5 Å². The summed E-state index contributed by atoms with van der Waals surface area (Å²) in [7, 11) is 0. The maximum absolute atomic E-state index is 9.20. The lowest BCUT2D eigenvalue weighted by Gasteiger charge is -2.39. The van der Waals surface area contributed by atoms with Crippen LogP contribution >= 0.6 is 0 Å². The van der Waals surface area contributed by atoms with Gasteiger partial charge in [0.1, 0.15) is 17.8 Å². The second-order valence-corrected chi connectivity index (χ2v) is 7.51. The van der Waals surface area contributed by atoms with Gasteiger partial charge in [0.25, 0.3) is 0 Å². The quantitative estimate of drug-likeness (QED) is 0.767. The highest BCUT2D eigenvalue weighted by molar-refractivity contribution is 6.01. The van der Waals surface area contributed by atoms with Crippen molar-refractivity contribution in [1.29, 1.82) is 5.26 Å². The minimum atomic E-state index is 0.284. The molecule has 0 spiro atoms. The molecule has 1 saturated heterocycles. The van der Waals surface area contributed by atoms with Crippen LogP contribution in [0.5, 0.6) is 0 Å². The van der Waals surface area contributed by atoms with Crippen LogP contribution in [0.3, 0.4) is 0 Å². The second-order valence-electron chi connectivity index (χ2n) is 7.51. The van der Waals surface area contributed by atoms with Crippen LogP contribution in [0.4, 0.5) is 5.82 Å². The topological polar surface area (TPSA) is 68.6 Å². The number of anilines is 1. The molecular formula is C20H21N5. The molecule has 0 aliphatic carbocycles. The zero-order chi connectivity index (χ0) is 17.4. The van der Waals surface area contributed by atoms with E-state index in [9.17, 15) is 5.26 Å². The van der Waals surface area contributed by atoms with E-state index < -0.39 is 0 Å². The summed E-state index contributed by atoms with van der Waals surface area (Å²) in [5, 5.41) is 10.2. The Hall–Kier alpha value is -2.87. The molecule has 1 fully saturated rings. The van der Waals surface area contributed by atoms with E-state index >= 15 is 0 Å². The molecule has 0 bridgehead atoms. The summed E-state index contributed by atoms with van der Waals surface area (Å²) in [4.78, 5) is 14.7. The van der Waals surface area contributed by atoms with Gasteiger partial charge in [-0.3, -0.25) is 0 Å². The number of H-pyrrole nitrogens is 1. The Balaban J connectivity index is 1.86. The fourth-order valence-corrected chi connectivity index (χ4v) is 3.77. The molecule has 3 aromatic rings. The largest absolute Gasteiger partial charge is 0.355 e. The van der Waals surface area contributed by atoms with Gasteiger partial charge in [0.15, 0.2) is 0 Å². The molecular weight excluding hydrogens is 310 g/mol. The molecule has 1 aromatic carbocycles. The fourth-order valence-electron chi connectivity index (χ4n) is 3.77. The molecule has 0 unspecified atom stereocenters. The normalized spacial score (nSPS) is 16.8. The van der Waals surface area contributed by atoms with Gasteiger partial charge in [-0.2, -0.15) is 5.26 Å². The number of aromatic amines is 1. The molecule has 0 atom stereocenters. The number of hydrogen-bond donors (Lipinski definition) is 1. The summed E-state index contributed by atoms with van der Waals surface area (Å²) in [6.45, 7) is 6.62. The number of hydrogen-bond acceptors (Lipinski definition) is 4. The van der Waals surface area contributed by atoms with Gasteiger partial charge in [-0.1, -0.05) is 26.0 Å². The van der Waals surface area contributed by atoms with Gasteiger partial charge in [-0.15, -0.1) is 0 Å². The van der Waals surface area contributed by atoms with Crippen molar-refractivity contribution in [3.8, 4) is 17.2 Å². The number of benzene rings is 1. The molecule has 3 heterocycles. The van der Waals surface area contributed by atoms with Crippen LogP contribution in [0.1, 0.15) is 32.3 Å². The van der Waals surface area contributed by atoms with Gasteiger partial charge in [0.05, 0.1) is 17.0 Å². The highest BCUT2D eigenvalue weighted by Crippen LogP contribution is 2.37. The van der Waals surface area contributed by atoms with Gasteiger partial charge < -0.3 is 9.88 Å². The van der Waals surface area contributed by atoms with Crippen LogP contribution in [0.25, 0.3) is 22.2 Å². The third-order valence-electron chi connectivity index (χ3n) is 4.95. The molecule has 25 heavy (non-hydrogen) atoms. The van der Waals surface area contributed by atoms with Crippen molar-refractivity contribution in [2.75, 3.05) is 18.0 Å². The van der Waals surface area contributed by atoms with Crippen molar-refractivity contribution in [3.05, 3.63) is 42.4 Å². The lowest BCUT2D eigenvalue weighted by Crippen LogP contribution is -2.40. The number of nitrogens with zero attached hydrogens (tertiary/aromatic N) is 4. The van der Waals surface area contributed by atoms with Crippen molar-refractivity contribution >= 4 is 16.9 Å². The molecule has 1 aliphatic heterocycles. The van der Waals surface area contributed by atoms with Crippen LogP contribution in [0, 0.1) is 16.7 Å². The lowest BCUT2D eigenvalue weighted by atomic mass is 9.84. The summed E-state index contributed by atoms with van der Waals surface area (Å²) >= 11 is 0. The molecule has 2 aromatic heterocycles. The van der Waals surface area contributed by atoms with Crippen LogP contribution in [-0.2, 0) is 0 Å². The highest BCUT2D eigenvalue weighted by Gasteiger charge is 2.29. The molecule has 0 saturated carbocycles. The summed E-state index contributed by atoms with van der Waals surface area (Å²) in [5.74, 6) is 0.983. The lowest BCUT2D eigenvalue weighted by molar-refractivity contribution is 0.292. The van der Waals surface area contributed by atoms with Crippen LogP contribution in [0.2, 0.25) is 0 Å². The van der Waals surface area contributed by atoms with Crippen LogP contribution < -0.4 is 4.90 Å². The molecule has 1 N–H and O–H groups in total. The standard InChI is InChI=1S/C20H21N5/c1-20(2)7-4-8-25(12-20)19-17-16(11-22-18(17)23-13-24-19)15-6-3-5-14(9-15)10-21/h3,5-6,9,11,13H,4,7-8,12H2,1-2H3,(H,22,23,24). The molecule has 5 heteroatoms. The summed E-state index contributed by atoms with van der Waals surface area (Å²) in [6.07, 6.45) is 6.00. The zero-order valence-electron chi connectivity index (χ0n) is 14.6. The smallest absolute Gasteiger partial charge is 0.143 e. The van der Waals surface area contributed by atoms with Gasteiger partial charge in [-0.05, 0) is 36.0 Å². The third-order valence-corrected chi connectivity index (χ3v) is 4.95.